The van der Waals surface area contributed by atoms with Gasteiger partial charge in [-0.2, -0.15) is 8.42 Å². The fourth-order valence-electron chi connectivity index (χ4n) is 3.66. The third kappa shape index (κ3) is 5.18. The van der Waals surface area contributed by atoms with E-state index in [-0.39, 0.29) is 10.9 Å². The van der Waals surface area contributed by atoms with Crippen molar-refractivity contribution in [3.63, 3.8) is 0 Å². The molecule has 0 bridgehead atoms. The molecule has 1 aromatic heterocycles. The molecule has 0 unspecified atom stereocenters. The number of hydrogen-bond acceptors (Lipinski definition) is 6. The SMILES string of the molecule is Cc1ccc(S(=O)(=O)ON(c2ccccc2)C2CCN(c3ccc(Cl)nc3)CC2)cc1. The predicted octanol–water partition coefficient (Wildman–Crippen LogP) is 4.84. The van der Waals surface area contributed by atoms with Crippen LogP contribution in [0.15, 0.2) is 77.8 Å². The van der Waals surface area contributed by atoms with Gasteiger partial charge in [-0.1, -0.05) is 47.5 Å². The third-order valence-electron chi connectivity index (χ3n) is 5.37. The molecule has 162 valence electrons. The molecule has 0 saturated carbocycles. The Morgan fingerprint density at radius 2 is 1.68 bits per heavy atom. The highest BCUT2D eigenvalue weighted by molar-refractivity contribution is 7.86. The van der Waals surface area contributed by atoms with Crippen LogP contribution in [0.5, 0.6) is 0 Å². The van der Waals surface area contributed by atoms with Crippen LogP contribution in [-0.4, -0.2) is 32.5 Å². The number of para-hydroxylation sites is 1. The summed E-state index contributed by atoms with van der Waals surface area (Å²) in [6.07, 6.45) is 3.23. The second kappa shape index (κ2) is 9.26. The van der Waals surface area contributed by atoms with Crippen molar-refractivity contribution in [1.29, 1.82) is 0 Å². The van der Waals surface area contributed by atoms with Crippen molar-refractivity contribution in [3.05, 3.63) is 83.6 Å². The Kier molecular flexibility index (Phi) is 6.46. The van der Waals surface area contributed by atoms with Gasteiger partial charge in [0.1, 0.15) is 5.15 Å². The minimum atomic E-state index is -3.96. The maximum absolute atomic E-state index is 13.0. The summed E-state index contributed by atoms with van der Waals surface area (Å²) in [5, 5.41) is 2.01. The summed E-state index contributed by atoms with van der Waals surface area (Å²) in [4.78, 5) is 6.52. The zero-order valence-corrected chi connectivity index (χ0v) is 18.8. The number of rotatable bonds is 6. The number of benzene rings is 2. The molecule has 1 aliphatic rings. The lowest BCUT2D eigenvalue weighted by Gasteiger charge is -2.38. The van der Waals surface area contributed by atoms with Crippen LogP contribution in [0.4, 0.5) is 11.4 Å². The van der Waals surface area contributed by atoms with Gasteiger partial charge in [0.25, 0.3) is 0 Å². The van der Waals surface area contributed by atoms with E-state index in [0.717, 1.165) is 37.2 Å². The fraction of sp³-hybridized carbons (Fsp3) is 0.261. The molecule has 0 spiro atoms. The predicted molar refractivity (Wildman–Crippen MR) is 123 cm³/mol. The number of piperidine rings is 1. The topological polar surface area (TPSA) is 62.7 Å². The second-order valence-corrected chi connectivity index (χ2v) is 9.48. The molecular formula is C23H24ClN3O3S. The maximum Gasteiger partial charge on any atom is 0.317 e. The number of nitrogens with zero attached hydrogens (tertiary/aromatic N) is 3. The van der Waals surface area contributed by atoms with Gasteiger partial charge in [-0.3, -0.25) is 0 Å². The van der Waals surface area contributed by atoms with Crippen LogP contribution in [0, 0.1) is 6.92 Å². The molecule has 31 heavy (non-hydrogen) atoms. The van der Waals surface area contributed by atoms with Crippen LogP contribution < -0.4 is 9.96 Å². The highest BCUT2D eigenvalue weighted by Crippen LogP contribution is 2.29. The van der Waals surface area contributed by atoms with E-state index in [0.29, 0.717) is 10.8 Å². The van der Waals surface area contributed by atoms with Gasteiger partial charge in [-0.15, -0.1) is 4.28 Å². The smallest absolute Gasteiger partial charge is 0.317 e. The molecule has 2 heterocycles. The zero-order valence-electron chi connectivity index (χ0n) is 17.2. The van der Waals surface area contributed by atoms with Gasteiger partial charge in [0.2, 0.25) is 0 Å². The largest absolute Gasteiger partial charge is 0.370 e. The van der Waals surface area contributed by atoms with E-state index in [1.165, 1.54) is 0 Å². The molecule has 6 nitrogen and oxygen atoms in total. The van der Waals surface area contributed by atoms with Crippen molar-refractivity contribution in [2.45, 2.75) is 30.7 Å². The first-order chi connectivity index (χ1) is 14.9. The lowest BCUT2D eigenvalue weighted by molar-refractivity contribution is 0.227. The number of anilines is 2. The summed E-state index contributed by atoms with van der Waals surface area (Å²) < 4.78 is 31.7. The van der Waals surface area contributed by atoms with Crippen LogP contribution in [0.1, 0.15) is 18.4 Å². The number of aromatic nitrogens is 1. The van der Waals surface area contributed by atoms with Gasteiger partial charge in [-0.25, -0.2) is 10.0 Å². The first kappa shape index (κ1) is 21.6. The molecule has 8 heteroatoms. The van der Waals surface area contributed by atoms with E-state index in [1.807, 2.05) is 43.3 Å². The van der Waals surface area contributed by atoms with Crippen LogP contribution in [-0.2, 0) is 14.4 Å². The van der Waals surface area contributed by atoms with E-state index >= 15 is 0 Å². The maximum atomic E-state index is 13.0. The van der Waals surface area contributed by atoms with E-state index in [4.69, 9.17) is 15.9 Å². The third-order valence-corrected chi connectivity index (χ3v) is 6.80. The summed E-state index contributed by atoms with van der Waals surface area (Å²) >= 11 is 5.89. The summed E-state index contributed by atoms with van der Waals surface area (Å²) in [6, 6.07) is 19.7. The van der Waals surface area contributed by atoms with E-state index in [9.17, 15) is 8.42 Å². The monoisotopic (exact) mass is 457 g/mol. The lowest BCUT2D eigenvalue weighted by atomic mass is 10.0. The normalized spacial score (nSPS) is 15.1. The molecule has 0 radical (unpaired) electrons. The Morgan fingerprint density at radius 1 is 1.00 bits per heavy atom. The van der Waals surface area contributed by atoms with Crippen LogP contribution in [0.3, 0.4) is 0 Å². The van der Waals surface area contributed by atoms with Crippen molar-refractivity contribution in [2.24, 2.45) is 0 Å². The molecule has 0 amide bonds. The molecule has 4 rings (SSSR count). The number of hydroxylamine groups is 1. The van der Waals surface area contributed by atoms with Crippen molar-refractivity contribution in [1.82, 2.24) is 4.98 Å². The molecule has 1 saturated heterocycles. The van der Waals surface area contributed by atoms with Crippen LogP contribution in [0.2, 0.25) is 5.15 Å². The Morgan fingerprint density at radius 3 is 2.29 bits per heavy atom. The van der Waals surface area contributed by atoms with E-state index < -0.39 is 10.1 Å². The Hall–Kier alpha value is -2.61. The molecule has 2 aromatic carbocycles. The average molecular weight is 458 g/mol. The van der Waals surface area contributed by atoms with Gasteiger partial charge < -0.3 is 4.90 Å². The van der Waals surface area contributed by atoms with Crippen molar-refractivity contribution in [3.8, 4) is 0 Å². The van der Waals surface area contributed by atoms with Crippen molar-refractivity contribution < 1.29 is 12.7 Å². The molecule has 3 aromatic rings. The molecule has 1 aliphatic heterocycles. The standard InChI is InChI=1S/C23H24ClN3O3S/c1-18-7-10-22(11-8-18)31(28,29)30-27(19-5-3-2-4-6-19)20-13-15-26(16-14-20)21-9-12-23(24)25-17-21/h2-12,17,20H,13-16H2,1H3. The van der Waals surface area contributed by atoms with E-state index in [1.54, 1.807) is 41.6 Å². The summed E-state index contributed by atoms with van der Waals surface area (Å²) in [5.41, 5.74) is 2.70. The highest BCUT2D eigenvalue weighted by atomic mass is 35.5. The minimum absolute atomic E-state index is 0.0841. The van der Waals surface area contributed by atoms with Gasteiger partial charge in [0.05, 0.1) is 28.5 Å². The lowest BCUT2D eigenvalue weighted by Crippen LogP contribution is -2.46. The number of pyridine rings is 1. The Labute approximate surface area is 188 Å². The average Bonchev–Trinajstić information content (AvgIpc) is 2.79. The number of halogens is 1. The molecule has 0 atom stereocenters. The van der Waals surface area contributed by atoms with Gasteiger partial charge >= 0.3 is 10.1 Å². The summed E-state index contributed by atoms with van der Waals surface area (Å²) in [5.74, 6) is 0. The first-order valence-electron chi connectivity index (χ1n) is 10.1. The summed E-state index contributed by atoms with van der Waals surface area (Å²) in [7, 11) is -3.96. The Balaban J connectivity index is 1.54. The van der Waals surface area contributed by atoms with Crippen LogP contribution in [0.25, 0.3) is 0 Å². The van der Waals surface area contributed by atoms with Gasteiger partial charge in [-0.05, 0) is 56.2 Å². The molecular weight excluding hydrogens is 434 g/mol. The summed E-state index contributed by atoms with van der Waals surface area (Å²) in [6.45, 7) is 3.42. The molecule has 0 aliphatic carbocycles. The number of aryl methyl sites for hydroxylation is 1. The van der Waals surface area contributed by atoms with Gasteiger partial charge in [0, 0.05) is 13.1 Å². The van der Waals surface area contributed by atoms with Crippen molar-refractivity contribution >= 4 is 33.1 Å². The number of hydrogen-bond donors (Lipinski definition) is 0. The second-order valence-electron chi connectivity index (χ2n) is 7.56. The molecule has 1 fully saturated rings. The van der Waals surface area contributed by atoms with E-state index in [2.05, 4.69) is 9.88 Å². The van der Waals surface area contributed by atoms with Crippen molar-refractivity contribution in [2.75, 3.05) is 23.1 Å². The first-order valence-corrected chi connectivity index (χ1v) is 11.9. The zero-order chi connectivity index (χ0) is 21.8. The Bertz CT molecular complexity index is 1100. The molecule has 0 N–H and O–H groups in total. The van der Waals surface area contributed by atoms with Gasteiger partial charge in [0.15, 0.2) is 0 Å². The minimum Gasteiger partial charge on any atom is -0.370 e. The fourth-order valence-corrected chi connectivity index (χ4v) is 4.74. The van der Waals surface area contributed by atoms with Crippen LogP contribution >= 0.6 is 11.6 Å². The highest BCUT2D eigenvalue weighted by Gasteiger charge is 2.30. The quantitative estimate of drug-likeness (QED) is 0.390.